The minimum Gasteiger partial charge on any atom is -0.480 e. The lowest BCUT2D eigenvalue weighted by Crippen LogP contribution is -2.41. The Morgan fingerprint density at radius 3 is 2.55 bits per heavy atom. The van der Waals surface area contributed by atoms with E-state index >= 15 is 0 Å². The summed E-state index contributed by atoms with van der Waals surface area (Å²) in [6, 6.07) is -1.03. The predicted octanol–water partition coefficient (Wildman–Crippen LogP) is -0.238. The average molecular weight is 282 g/mol. The van der Waals surface area contributed by atoms with Crippen molar-refractivity contribution in [2.45, 2.75) is 44.8 Å². The number of aromatic amines is 1. The van der Waals surface area contributed by atoms with Gasteiger partial charge in [0.25, 0.3) is 5.91 Å². The van der Waals surface area contributed by atoms with Gasteiger partial charge in [-0.15, -0.1) is 5.10 Å². The highest BCUT2D eigenvalue weighted by molar-refractivity contribution is 5.94. The Labute approximate surface area is 115 Å². The Kier molecular flexibility index (Phi) is 3.51. The molecule has 2 unspecified atom stereocenters. The number of nitrogens with zero attached hydrogens (tertiary/aromatic N) is 3. The lowest BCUT2D eigenvalue weighted by Gasteiger charge is -2.19. The van der Waals surface area contributed by atoms with Crippen LogP contribution in [-0.2, 0) is 10.2 Å². The van der Waals surface area contributed by atoms with E-state index < -0.39 is 24.0 Å². The van der Waals surface area contributed by atoms with Gasteiger partial charge < -0.3 is 15.1 Å². The number of carboxylic acid groups (broad SMARTS) is 1. The second-order valence-electron chi connectivity index (χ2n) is 5.96. The van der Waals surface area contributed by atoms with Crippen LogP contribution >= 0.6 is 0 Å². The Hall–Kier alpha value is -1.96. The summed E-state index contributed by atoms with van der Waals surface area (Å²) in [6.07, 6.45) is -0.807. The maximum Gasteiger partial charge on any atom is 0.326 e. The molecule has 1 saturated heterocycles. The molecule has 2 atom stereocenters. The maximum absolute atomic E-state index is 12.3. The van der Waals surface area contributed by atoms with Gasteiger partial charge in [0, 0.05) is 18.4 Å². The smallest absolute Gasteiger partial charge is 0.326 e. The van der Waals surface area contributed by atoms with Crippen LogP contribution in [0, 0.1) is 0 Å². The molecule has 0 saturated carbocycles. The number of aliphatic hydroxyl groups excluding tert-OH is 1. The molecule has 1 aliphatic heterocycles. The quantitative estimate of drug-likeness (QED) is 0.689. The first kappa shape index (κ1) is 14.4. The molecule has 1 aliphatic rings. The third kappa shape index (κ3) is 2.64. The Morgan fingerprint density at radius 1 is 1.40 bits per heavy atom. The first-order chi connectivity index (χ1) is 9.20. The molecular formula is C12H18N4O4. The molecule has 1 fully saturated rings. The van der Waals surface area contributed by atoms with Gasteiger partial charge in [-0.3, -0.25) is 9.89 Å². The molecule has 110 valence electrons. The second kappa shape index (κ2) is 4.86. The van der Waals surface area contributed by atoms with Crippen LogP contribution in [0.3, 0.4) is 0 Å². The number of carboxylic acids is 1. The van der Waals surface area contributed by atoms with Gasteiger partial charge in [0.05, 0.1) is 6.10 Å². The van der Waals surface area contributed by atoms with Crippen molar-refractivity contribution < 1.29 is 19.8 Å². The van der Waals surface area contributed by atoms with Crippen LogP contribution in [0.4, 0.5) is 0 Å². The fraction of sp³-hybridized carbons (Fsp3) is 0.667. The summed E-state index contributed by atoms with van der Waals surface area (Å²) in [5, 5.41) is 25.2. The summed E-state index contributed by atoms with van der Waals surface area (Å²) in [6.45, 7) is 5.74. The first-order valence-corrected chi connectivity index (χ1v) is 6.35. The van der Waals surface area contributed by atoms with Crippen molar-refractivity contribution in [2.24, 2.45) is 0 Å². The molecule has 1 aromatic heterocycles. The van der Waals surface area contributed by atoms with Gasteiger partial charge in [0.1, 0.15) is 11.9 Å². The van der Waals surface area contributed by atoms with Crippen LogP contribution < -0.4 is 0 Å². The molecule has 0 spiro atoms. The number of rotatable bonds is 2. The third-order valence-electron chi connectivity index (χ3n) is 3.21. The van der Waals surface area contributed by atoms with Crippen molar-refractivity contribution in [3.63, 3.8) is 0 Å². The van der Waals surface area contributed by atoms with E-state index in [9.17, 15) is 14.7 Å². The molecule has 2 rings (SSSR count). The molecule has 8 nitrogen and oxygen atoms in total. The number of likely N-dealkylation sites (tertiary alicyclic amines) is 1. The van der Waals surface area contributed by atoms with E-state index in [-0.39, 0.29) is 24.2 Å². The summed E-state index contributed by atoms with van der Waals surface area (Å²) < 4.78 is 0. The number of amides is 1. The van der Waals surface area contributed by atoms with Crippen molar-refractivity contribution in [3.05, 3.63) is 11.6 Å². The van der Waals surface area contributed by atoms with Crippen LogP contribution in [0.1, 0.15) is 43.6 Å². The number of β-amino-alcohol motifs (C(OH)–C–C–N with tert-alkyl or cyclic N) is 1. The summed E-state index contributed by atoms with van der Waals surface area (Å²) in [4.78, 5) is 28.6. The fourth-order valence-corrected chi connectivity index (χ4v) is 2.09. The van der Waals surface area contributed by atoms with Crippen molar-refractivity contribution in [1.82, 2.24) is 20.1 Å². The number of nitrogens with one attached hydrogen (secondary N) is 1. The summed E-state index contributed by atoms with van der Waals surface area (Å²) in [7, 11) is 0. The number of H-pyrrole nitrogens is 1. The molecule has 0 radical (unpaired) electrons. The molecular weight excluding hydrogens is 264 g/mol. The highest BCUT2D eigenvalue weighted by Gasteiger charge is 2.40. The molecule has 1 aromatic rings. The molecule has 1 amide bonds. The van der Waals surface area contributed by atoms with Gasteiger partial charge in [0.15, 0.2) is 0 Å². The zero-order chi connectivity index (χ0) is 15.1. The van der Waals surface area contributed by atoms with Crippen molar-refractivity contribution >= 4 is 11.9 Å². The maximum atomic E-state index is 12.3. The van der Waals surface area contributed by atoms with Gasteiger partial charge in [-0.2, -0.15) is 0 Å². The standard InChI is InChI=1S/C12H18N4O4/c1-12(2,3)11-13-8(14-15-11)9(18)16-5-6(17)4-7(16)10(19)20/h6-7,17H,4-5H2,1-3H3,(H,19,20)(H,13,14,15). The van der Waals surface area contributed by atoms with E-state index in [0.29, 0.717) is 5.82 Å². The van der Waals surface area contributed by atoms with Crippen molar-refractivity contribution in [1.29, 1.82) is 0 Å². The van der Waals surface area contributed by atoms with E-state index in [0.717, 1.165) is 4.90 Å². The topological polar surface area (TPSA) is 119 Å². The fourth-order valence-electron chi connectivity index (χ4n) is 2.09. The van der Waals surface area contributed by atoms with Gasteiger partial charge in [0.2, 0.25) is 5.82 Å². The van der Waals surface area contributed by atoms with E-state index in [1.54, 1.807) is 0 Å². The summed E-state index contributed by atoms with van der Waals surface area (Å²) in [5.74, 6) is -1.25. The van der Waals surface area contributed by atoms with E-state index in [1.807, 2.05) is 20.8 Å². The van der Waals surface area contributed by atoms with E-state index in [2.05, 4.69) is 15.2 Å². The van der Waals surface area contributed by atoms with E-state index in [1.165, 1.54) is 0 Å². The van der Waals surface area contributed by atoms with Crippen LogP contribution in [0.2, 0.25) is 0 Å². The molecule has 20 heavy (non-hydrogen) atoms. The zero-order valence-electron chi connectivity index (χ0n) is 11.6. The largest absolute Gasteiger partial charge is 0.480 e. The number of carbonyl (C=O) groups excluding carboxylic acids is 1. The van der Waals surface area contributed by atoms with Gasteiger partial charge in [-0.1, -0.05) is 20.8 Å². The Balaban J connectivity index is 2.23. The van der Waals surface area contributed by atoms with Crippen LogP contribution in [0.5, 0.6) is 0 Å². The summed E-state index contributed by atoms with van der Waals surface area (Å²) in [5.41, 5.74) is -0.289. The molecule has 0 aromatic carbocycles. The monoisotopic (exact) mass is 282 g/mol. The van der Waals surface area contributed by atoms with E-state index in [4.69, 9.17) is 5.11 Å². The van der Waals surface area contributed by atoms with Crippen LogP contribution in [-0.4, -0.2) is 60.9 Å². The van der Waals surface area contributed by atoms with Crippen molar-refractivity contribution in [2.75, 3.05) is 6.54 Å². The number of hydrogen-bond donors (Lipinski definition) is 3. The number of carbonyl (C=O) groups is 2. The number of aromatic nitrogens is 3. The highest BCUT2D eigenvalue weighted by atomic mass is 16.4. The van der Waals surface area contributed by atoms with Gasteiger partial charge >= 0.3 is 5.97 Å². The third-order valence-corrected chi connectivity index (χ3v) is 3.21. The average Bonchev–Trinajstić information content (AvgIpc) is 2.93. The molecule has 0 bridgehead atoms. The minimum atomic E-state index is -1.14. The van der Waals surface area contributed by atoms with Crippen LogP contribution in [0.15, 0.2) is 0 Å². The first-order valence-electron chi connectivity index (χ1n) is 6.35. The van der Waals surface area contributed by atoms with Gasteiger partial charge in [-0.25, -0.2) is 9.78 Å². The lowest BCUT2D eigenvalue weighted by atomic mass is 9.96. The van der Waals surface area contributed by atoms with Crippen LogP contribution in [0.25, 0.3) is 0 Å². The Morgan fingerprint density at radius 2 is 2.05 bits per heavy atom. The van der Waals surface area contributed by atoms with Gasteiger partial charge in [-0.05, 0) is 0 Å². The highest BCUT2D eigenvalue weighted by Crippen LogP contribution is 2.21. The molecule has 0 aliphatic carbocycles. The molecule has 3 N–H and O–H groups in total. The lowest BCUT2D eigenvalue weighted by molar-refractivity contribution is -0.141. The number of aliphatic hydroxyl groups is 1. The zero-order valence-corrected chi connectivity index (χ0v) is 11.6. The van der Waals surface area contributed by atoms with Crippen molar-refractivity contribution in [3.8, 4) is 0 Å². The number of hydrogen-bond acceptors (Lipinski definition) is 5. The second-order valence-corrected chi connectivity index (χ2v) is 5.96. The normalized spacial score (nSPS) is 23.1. The minimum absolute atomic E-state index is 0.0187. The molecule has 2 heterocycles. The predicted molar refractivity (Wildman–Crippen MR) is 68.2 cm³/mol. The Bertz CT molecular complexity index is 534. The SMILES string of the molecule is CC(C)(C)c1nc(C(=O)N2CC(O)CC2C(=O)O)n[nH]1. The number of aliphatic carboxylic acids is 1. The molecule has 8 heteroatoms. The summed E-state index contributed by atoms with van der Waals surface area (Å²) >= 11 is 0.